The normalized spacial score (nSPS) is 10.6. The van der Waals surface area contributed by atoms with Crippen LogP contribution in [0.4, 0.5) is 5.00 Å². The zero-order valence-electron chi connectivity index (χ0n) is 11.6. The number of ether oxygens (including phenoxy) is 1. The minimum atomic E-state index is -0.414. The SMILES string of the molecule is CCOC(=O)c1c(NC(=O)CCCCl)sc2ccccc12. The molecule has 1 heterocycles. The van der Waals surface area contributed by atoms with E-state index in [1.807, 2.05) is 24.3 Å². The van der Waals surface area contributed by atoms with E-state index in [4.69, 9.17) is 16.3 Å². The van der Waals surface area contributed by atoms with Gasteiger partial charge in [0, 0.05) is 22.4 Å². The third kappa shape index (κ3) is 3.74. The van der Waals surface area contributed by atoms with Gasteiger partial charge in [0.25, 0.3) is 0 Å². The van der Waals surface area contributed by atoms with Crippen LogP contribution in [0.2, 0.25) is 0 Å². The van der Waals surface area contributed by atoms with Gasteiger partial charge in [0.05, 0.1) is 6.61 Å². The minimum absolute atomic E-state index is 0.146. The number of thiophene rings is 1. The third-order valence-electron chi connectivity index (χ3n) is 2.87. The highest BCUT2D eigenvalue weighted by molar-refractivity contribution is 7.23. The predicted octanol–water partition coefficient (Wildman–Crippen LogP) is 4.04. The van der Waals surface area contributed by atoms with Gasteiger partial charge in [0.2, 0.25) is 5.91 Å². The molecule has 0 saturated heterocycles. The van der Waals surface area contributed by atoms with Crippen molar-refractivity contribution >= 4 is 49.9 Å². The third-order valence-corrected chi connectivity index (χ3v) is 4.22. The molecule has 0 spiro atoms. The van der Waals surface area contributed by atoms with E-state index in [1.54, 1.807) is 6.92 Å². The summed E-state index contributed by atoms with van der Waals surface area (Å²) in [4.78, 5) is 24.0. The molecule has 1 aromatic carbocycles. The van der Waals surface area contributed by atoms with Gasteiger partial charge in [-0.25, -0.2) is 4.79 Å². The lowest BCUT2D eigenvalue weighted by atomic mass is 10.1. The maximum atomic E-state index is 12.1. The van der Waals surface area contributed by atoms with E-state index in [0.29, 0.717) is 35.9 Å². The number of carbonyl (C=O) groups is 2. The first-order valence-corrected chi connectivity index (χ1v) is 8.07. The number of anilines is 1. The summed E-state index contributed by atoms with van der Waals surface area (Å²) in [5, 5.41) is 4.13. The Kier molecular flexibility index (Phi) is 5.59. The highest BCUT2D eigenvalue weighted by atomic mass is 35.5. The minimum Gasteiger partial charge on any atom is -0.462 e. The van der Waals surface area contributed by atoms with E-state index >= 15 is 0 Å². The summed E-state index contributed by atoms with van der Waals surface area (Å²) in [7, 11) is 0. The van der Waals surface area contributed by atoms with Gasteiger partial charge in [-0.15, -0.1) is 22.9 Å². The Balaban J connectivity index is 2.35. The van der Waals surface area contributed by atoms with E-state index in [9.17, 15) is 9.59 Å². The predicted molar refractivity (Wildman–Crippen MR) is 86.4 cm³/mol. The van der Waals surface area contributed by atoms with Gasteiger partial charge in [0.1, 0.15) is 10.6 Å². The van der Waals surface area contributed by atoms with Crippen molar-refractivity contribution in [2.45, 2.75) is 19.8 Å². The van der Waals surface area contributed by atoms with Crippen molar-refractivity contribution < 1.29 is 14.3 Å². The van der Waals surface area contributed by atoms with Gasteiger partial charge in [-0.1, -0.05) is 18.2 Å². The van der Waals surface area contributed by atoms with Crippen LogP contribution in [-0.2, 0) is 9.53 Å². The van der Waals surface area contributed by atoms with Crippen molar-refractivity contribution in [1.82, 2.24) is 0 Å². The fraction of sp³-hybridized carbons (Fsp3) is 0.333. The van der Waals surface area contributed by atoms with Crippen molar-refractivity contribution in [1.29, 1.82) is 0 Å². The first-order chi connectivity index (χ1) is 10.2. The van der Waals surface area contributed by atoms with Gasteiger partial charge in [-0.2, -0.15) is 0 Å². The second kappa shape index (κ2) is 7.43. The molecule has 0 fully saturated rings. The molecule has 2 rings (SSSR count). The molecule has 0 aliphatic heterocycles. The molecule has 0 aliphatic carbocycles. The van der Waals surface area contributed by atoms with Crippen LogP contribution >= 0.6 is 22.9 Å². The summed E-state index contributed by atoms with van der Waals surface area (Å²) in [6.07, 6.45) is 0.938. The molecule has 0 aliphatic rings. The van der Waals surface area contributed by atoms with Crippen LogP contribution < -0.4 is 5.32 Å². The van der Waals surface area contributed by atoms with Crippen molar-refractivity contribution in [2.24, 2.45) is 0 Å². The average molecular weight is 326 g/mol. The van der Waals surface area contributed by atoms with Crippen LogP contribution in [0.1, 0.15) is 30.1 Å². The number of alkyl halides is 1. The number of nitrogens with one attached hydrogen (secondary N) is 1. The van der Waals surface area contributed by atoms with E-state index < -0.39 is 5.97 Å². The Bertz CT molecular complexity index is 653. The highest BCUT2D eigenvalue weighted by Crippen LogP contribution is 2.36. The number of fused-ring (bicyclic) bond motifs is 1. The fourth-order valence-corrected chi connectivity index (χ4v) is 3.20. The number of hydrogen-bond acceptors (Lipinski definition) is 4. The zero-order valence-corrected chi connectivity index (χ0v) is 13.2. The van der Waals surface area contributed by atoms with Gasteiger partial charge >= 0.3 is 5.97 Å². The number of carbonyl (C=O) groups excluding carboxylic acids is 2. The Morgan fingerprint density at radius 2 is 2.10 bits per heavy atom. The lowest BCUT2D eigenvalue weighted by molar-refractivity contribution is -0.116. The number of hydrogen-bond donors (Lipinski definition) is 1. The summed E-state index contributed by atoms with van der Waals surface area (Å²) in [6, 6.07) is 7.52. The summed E-state index contributed by atoms with van der Waals surface area (Å²) in [5.41, 5.74) is 0.427. The number of rotatable bonds is 6. The van der Waals surface area contributed by atoms with Crippen molar-refractivity contribution in [3.63, 3.8) is 0 Å². The Labute approximate surface area is 132 Å². The van der Waals surface area contributed by atoms with Crippen molar-refractivity contribution in [3.8, 4) is 0 Å². The van der Waals surface area contributed by atoms with E-state index in [1.165, 1.54) is 11.3 Å². The molecule has 0 saturated carbocycles. The number of esters is 1. The Hall–Kier alpha value is -1.59. The molecular weight excluding hydrogens is 310 g/mol. The molecule has 0 unspecified atom stereocenters. The van der Waals surface area contributed by atoms with E-state index in [0.717, 1.165) is 10.1 Å². The maximum absolute atomic E-state index is 12.1. The molecule has 1 amide bonds. The summed E-state index contributed by atoms with van der Waals surface area (Å²) >= 11 is 6.96. The monoisotopic (exact) mass is 325 g/mol. The molecule has 0 bridgehead atoms. The topological polar surface area (TPSA) is 55.4 Å². The summed E-state index contributed by atoms with van der Waals surface area (Å²) < 4.78 is 6.03. The van der Waals surface area contributed by atoms with Crippen LogP contribution in [-0.4, -0.2) is 24.4 Å². The Morgan fingerprint density at radius 1 is 1.33 bits per heavy atom. The zero-order chi connectivity index (χ0) is 15.2. The van der Waals surface area contributed by atoms with Gasteiger partial charge in [0.15, 0.2) is 0 Å². The van der Waals surface area contributed by atoms with Crippen molar-refractivity contribution in [3.05, 3.63) is 29.8 Å². The molecule has 0 atom stereocenters. The van der Waals surface area contributed by atoms with Crippen LogP contribution in [0.15, 0.2) is 24.3 Å². The molecular formula is C15H16ClNO3S. The molecule has 2 aromatic rings. The molecule has 6 heteroatoms. The van der Waals surface area contributed by atoms with Crippen LogP contribution in [0, 0.1) is 0 Å². The maximum Gasteiger partial charge on any atom is 0.341 e. The second-order valence-electron chi connectivity index (χ2n) is 4.36. The first kappa shape index (κ1) is 15.8. The fourth-order valence-electron chi connectivity index (χ4n) is 1.96. The van der Waals surface area contributed by atoms with E-state index in [2.05, 4.69) is 5.32 Å². The quantitative estimate of drug-likeness (QED) is 0.644. The van der Waals surface area contributed by atoms with Crippen LogP contribution in [0.3, 0.4) is 0 Å². The van der Waals surface area contributed by atoms with Gasteiger partial charge in [-0.3, -0.25) is 4.79 Å². The smallest absolute Gasteiger partial charge is 0.341 e. The molecule has 0 radical (unpaired) electrons. The van der Waals surface area contributed by atoms with Crippen molar-refractivity contribution in [2.75, 3.05) is 17.8 Å². The molecule has 1 aromatic heterocycles. The summed E-state index contributed by atoms with van der Waals surface area (Å²) in [6.45, 7) is 2.05. The molecule has 112 valence electrons. The standard InChI is InChI=1S/C15H16ClNO3S/c1-2-20-15(19)13-10-6-3-4-7-11(10)21-14(13)17-12(18)8-5-9-16/h3-4,6-7H,2,5,8-9H2,1H3,(H,17,18). The average Bonchev–Trinajstić information content (AvgIpc) is 2.83. The van der Waals surface area contributed by atoms with Crippen LogP contribution in [0.25, 0.3) is 10.1 Å². The highest BCUT2D eigenvalue weighted by Gasteiger charge is 2.21. The lowest BCUT2D eigenvalue weighted by Crippen LogP contribution is -2.14. The summed E-state index contributed by atoms with van der Waals surface area (Å²) in [5.74, 6) is -0.125. The molecule has 1 N–H and O–H groups in total. The number of benzene rings is 1. The van der Waals surface area contributed by atoms with Gasteiger partial charge in [-0.05, 0) is 19.4 Å². The number of halogens is 1. The van der Waals surface area contributed by atoms with Crippen LogP contribution in [0.5, 0.6) is 0 Å². The van der Waals surface area contributed by atoms with E-state index in [-0.39, 0.29) is 5.91 Å². The molecule has 4 nitrogen and oxygen atoms in total. The number of amides is 1. The second-order valence-corrected chi connectivity index (χ2v) is 5.79. The molecule has 21 heavy (non-hydrogen) atoms. The Morgan fingerprint density at radius 3 is 2.81 bits per heavy atom. The van der Waals surface area contributed by atoms with Gasteiger partial charge < -0.3 is 10.1 Å². The first-order valence-electron chi connectivity index (χ1n) is 6.71. The lowest BCUT2D eigenvalue weighted by Gasteiger charge is -2.06. The largest absolute Gasteiger partial charge is 0.462 e.